The van der Waals surface area contributed by atoms with Gasteiger partial charge in [-0.05, 0) is 71.3 Å². The average Bonchev–Trinajstić information content (AvgIpc) is 2.98. The molecule has 0 unspecified atom stereocenters. The molecule has 0 saturated carbocycles. The fraction of sp³-hybridized carbons (Fsp3) is 0.381. The minimum absolute atomic E-state index is 0.00758. The molecule has 1 aliphatic heterocycles. The van der Waals surface area contributed by atoms with Gasteiger partial charge < -0.3 is 10.6 Å². The van der Waals surface area contributed by atoms with Gasteiger partial charge >= 0.3 is 0 Å². The van der Waals surface area contributed by atoms with Crippen LogP contribution in [0.15, 0.2) is 40.2 Å². The number of anilines is 2. The summed E-state index contributed by atoms with van der Waals surface area (Å²) in [4.78, 5) is 13.1. The van der Waals surface area contributed by atoms with Crippen molar-refractivity contribution in [1.29, 1.82) is 0 Å². The minimum Gasteiger partial charge on any atom is -0.372 e. The van der Waals surface area contributed by atoms with Gasteiger partial charge in [0.05, 0.1) is 17.4 Å². The molecule has 25 heavy (non-hydrogen) atoms. The minimum atomic E-state index is -0.0827. The molecule has 0 radical (unpaired) electrons. The molecule has 2 aliphatic rings. The van der Waals surface area contributed by atoms with Crippen LogP contribution in [0.25, 0.3) is 0 Å². The third kappa shape index (κ3) is 2.89. The molecule has 1 aromatic carbocycles. The fourth-order valence-corrected chi connectivity index (χ4v) is 4.59. The Bertz CT molecular complexity index is 878. The molecule has 1 aromatic heterocycles. The van der Waals surface area contributed by atoms with Crippen molar-refractivity contribution >= 4 is 28.5 Å². The number of aryl methyl sites for hydroxylation is 2. The van der Waals surface area contributed by atoms with E-state index in [0.29, 0.717) is 6.42 Å². The number of thiophene rings is 1. The van der Waals surface area contributed by atoms with E-state index >= 15 is 0 Å². The van der Waals surface area contributed by atoms with Crippen molar-refractivity contribution < 1.29 is 4.79 Å². The highest BCUT2D eigenvalue weighted by Gasteiger charge is 2.38. The first-order chi connectivity index (χ1) is 11.8. The number of allylic oxidation sites excluding steroid dienone is 1. The fourth-order valence-electron chi connectivity index (χ4n) is 3.90. The molecule has 2 heterocycles. The number of benzene rings is 1. The van der Waals surface area contributed by atoms with Crippen LogP contribution in [0, 0.1) is 19.3 Å². The number of nitrogens with one attached hydrogen (secondary N) is 2. The third-order valence-electron chi connectivity index (χ3n) is 5.30. The predicted molar refractivity (Wildman–Crippen MR) is 105 cm³/mol. The first-order valence-electron chi connectivity index (χ1n) is 8.77. The van der Waals surface area contributed by atoms with E-state index in [0.717, 1.165) is 29.1 Å². The number of ketones is 1. The average molecular weight is 353 g/mol. The van der Waals surface area contributed by atoms with Gasteiger partial charge in [0, 0.05) is 17.7 Å². The zero-order chi connectivity index (χ0) is 17.8. The Morgan fingerprint density at radius 3 is 2.52 bits per heavy atom. The largest absolute Gasteiger partial charge is 0.372 e. The number of Topliss-reactive ketones (excluding diaryl/α,β-unsaturated/α-hetero) is 1. The van der Waals surface area contributed by atoms with Crippen molar-refractivity contribution in [2.45, 2.75) is 46.6 Å². The third-order valence-corrected chi connectivity index (χ3v) is 6.01. The Hall–Kier alpha value is -2.07. The van der Waals surface area contributed by atoms with Gasteiger partial charge in [-0.3, -0.25) is 4.79 Å². The van der Waals surface area contributed by atoms with E-state index in [-0.39, 0.29) is 17.2 Å². The summed E-state index contributed by atoms with van der Waals surface area (Å²) in [6, 6.07) is 6.40. The summed E-state index contributed by atoms with van der Waals surface area (Å²) in [5.74, 6) is 0.253. The maximum Gasteiger partial charge on any atom is 0.163 e. The Kier molecular flexibility index (Phi) is 3.76. The van der Waals surface area contributed by atoms with Crippen molar-refractivity contribution in [2.75, 3.05) is 10.6 Å². The molecule has 130 valence electrons. The second-order valence-corrected chi connectivity index (χ2v) is 8.85. The van der Waals surface area contributed by atoms with Crippen molar-refractivity contribution in [3.8, 4) is 0 Å². The zero-order valence-corrected chi connectivity index (χ0v) is 16.0. The molecule has 0 spiro atoms. The lowest BCUT2D eigenvalue weighted by molar-refractivity contribution is -0.118. The highest BCUT2D eigenvalue weighted by Crippen LogP contribution is 2.46. The first-order valence-corrected chi connectivity index (χ1v) is 9.71. The zero-order valence-electron chi connectivity index (χ0n) is 15.2. The summed E-state index contributed by atoms with van der Waals surface area (Å²) < 4.78 is 0. The predicted octanol–water partition coefficient (Wildman–Crippen LogP) is 5.59. The summed E-state index contributed by atoms with van der Waals surface area (Å²) >= 11 is 1.67. The summed E-state index contributed by atoms with van der Waals surface area (Å²) in [5, 5.41) is 11.5. The van der Waals surface area contributed by atoms with Crippen LogP contribution < -0.4 is 10.6 Å². The summed E-state index contributed by atoms with van der Waals surface area (Å²) in [6.07, 6.45) is 1.49. The molecule has 3 nitrogen and oxygen atoms in total. The van der Waals surface area contributed by atoms with Gasteiger partial charge in [0.1, 0.15) is 0 Å². The van der Waals surface area contributed by atoms with Crippen LogP contribution in [0.2, 0.25) is 0 Å². The highest BCUT2D eigenvalue weighted by molar-refractivity contribution is 7.08. The lowest BCUT2D eigenvalue weighted by atomic mass is 9.73. The molecule has 4 rings (SSSR count). The molecule has 1 aliphatic carbocycles. The summed E-state index contributed by atoms with van der Waals surface area (Å²) in [5.41, 5.74) is 7.79. The molecule has 0 saturated heterocycles. The molecular formula is C21H24N2OS. The SMILES string of the molecule is Cc1cc2c(cc1C)N[C@H](c1ccsc1)C1=C(CC(C)(C)CC1=O)N2. The van der Waals surface area contributed by atoms with Crippen molar-refractivity contribution in [1.82, 2.24) is 0 Å². The Morgan fingerprint density at radius 1 is 1.12 bits per heavy atom. The van der Waals surface area contributed by atoms with E-state index in [1.54, 1.807) is 11.3 Å². The van der Waals surface area contributed by atoms with Gasteiger partial charge in [0.25, 0.3) is 0 Å². The van der Waals surface area contributed by atoms with E-state index in [2.05, 4.69) is 67.3 Å². The van der Waals surface area contributed by atoms with Crippen LogP contribution in [0.1, 0.15) is 49.4 Å². The maximum absolute atomic E-state index is 13.1. The number of hydrogen-bond donors (Lipinski definition) is 2. The van der Waals surface area contributed by atoms with Gasteiger partial charge in [-0.2, -0.15) is 11.3 Å². The Labute approximate surface area is 153 Å². The lowest BCUT2D eigenvalue weighted by Gasteiger charge is -2.33. The molecule has 4 heteroatoms. The quantitative estimate of drug-likeness (QED) is 0.703. The van der Waals surface area contributed by atoms with Crippen molar-refractivity contribution in [3.05, 3.63) is 56.9 Å². The van der Waals surface area contributed by atoms with Crippen molar-refractivity contribution in [2.24, 2.45) is 5.41 Å². The molecule has 0 amide bonds. The van der Waals surface area contributed by atoms with E-state index in [1.165, 1.54) is 16.7 Å². The van der Waals surface area contributed by atoms with Crippen LogP contribution in [-0.4, -0.2) is 5.78 Å². The lowest BCUT2D eigenvalue weighted by Crippen LogP contribution is -2.31. The molecule has 0 fully saturated rings. The molecule has 2 N–H and O–H groups in total. The topological polar surface area (TPSA) is 41.1 Å². The van der Waals surface area contributed by atoms with Crippen LogP contribution in [0.5, 0.6) is 0 Å². The van der Waals surface area contributed by atoms with Gasteiger partial charge in [0.2, 0.25) is 0 Å². The summed E-state index contributed by atoms with van der Waals surface area (Å²) in [6.45, 7) is 8.61. The first kappa shape index (κ1) is 16.4. The molecule has 2 aromatic rings. The van der Waals surface area contributed by atoms with E-state index in [9.17, 15) is 4.79 Å². The van der Waals surface area contributed by atoms with Crippen LogP contribution >= 0.6 is 11.3 Å². The summed E-state index contributed by atoms with van der Waals surface area (Å²) in [7, 11) is 0. The number of hydrogen-bond acceptors (Lipinski definition) is 4. The number of rotatable bonds is 1. The second kappa shape index (κ2) is 5.73. The molecule has 1 atom stereocenters. The Balaban J connectivity index is 1.90. The second-order valence-electron chi connectivity index (χ2n) is 8.07. The van der Waals surface area contributed by atoms with Gasteiger partial charge in [0.15, 0.2) is 5.78 Å². The van der Waals surface area contributed by atoms with E-state index in [4.69, 9.17) is 0 Å². The smallest absolute Gasteiger partial charge is 0.163 e. The normalized spacial score (nSPS) is 21.8. The van der Waals surface area contributed by atoms with Crippen LogP contribution in [0.3, 0.4) is 0 Å². The highest BCUT2D eigenvalue weighted by atomic mass is 32.1. The van der Waals surface area contributed by atoms with E-state index in [1.807, 2.05) is 0 Å². The van der Waals surface area contributed by atoms with E-state index < -0.39 is 0 Å². The number of carbonyl (C=O) groups excluding carboxylic acids is 1. The molecular weight excluding hydrogens is 328 g/mol. The monoisotopic (exact) mass is 352 g/mol. The van der Waals surface area contributed by atoms with Gasteiger partial charge in [-0.25, -0.2) is 0 Å². The number of carbonyl (C=O) groups is 1. The van der Waals surface area contributed by atoms with Gasteiger partial charge in [-0.1, -0.05) is 13.8 Å². The maximum atomic E-state index is 13.1. The Morgan fingerprint density at radius 2 is 1.84 bits per heavy atom. The van der Waals surface area contributed by atoms with Gasteiger partial charge in [-0.15, -0.1) is 0 Å². The van der Waals surface area contributed by atoms with Crippen LogP contribution in [0.4, 0.5) is 11.4 Å². The standard InChI is InChI=1S/C21H24N2OS/c1-12-7-15-16(8-13(12)2)23-20(14-5-6-25-11-14)19-17(22-15)9-21(3,4)10-18(19)24/h5-8,11,20,22-23H,9-10H2,1-4H3/t20-/m1/s1. The van der Waals surface area contributed by atoms with Crippen LogP contribution in [-0.2, 0) is 4.79 Å². The number of fused-ring (bicyclic) bond motifs is 1. The molecule has 0 bridgehead atoms. The van der Waals surface area contributed by atoms with Crippen molar-refractivity contribution in [3.63, 3.8) is 0 Å².